The number of ether oxygens (including phenoxy) is 2. The minimum Gasteiger partial charge on any atom is -0.486 e. The molecule has 1 unspecified atom stereocenters. The van der Waals surface area contributed by atoms with Gasteiger partial charge in [0, 0.05) is 13.1 Å². The van der Waals surface area contributed by atoms with Gasteiger partial charge < -0.3 is 19.7 Å². The number of hydrogen-bond donors (Lipinski definition) is 1. The Balaban J connectivity index is 1.54. The largest absolute Gasteiger partial charge is 0.486 e. The minimum atomic E-state index is -0.245. The van der Waals surface area contributed by atoms with Gasteiger partial charge >= 0.3 is 0 Å². The summed E-state index contributed by atoms with van der Waals surface area (Å²) in [4.78, 5) is 27.5. The molecule has 0 saturated heterocycles. The summed E-state index contributed by atoms with van der Waals surface area (Å²) in [6, 6.07) is 10.9. The van der Waals surface area contributed by atoms with Crippen molar-refractivity contribution in [2.75, 3.05) is 19.8 Å². The van der Waals surface area contributed by atoms with Gasteiger partial charge in [-0.1, -0.05) is 25.1 Å². The van der Waals surface area contributed by atoms with Crippen molar-refractivity contribution in [2.45, 2.75) is 32.9 Å². The van der Waals surface area contributed by atoms with Crippen molar-refractivity contribution in [3.63, 3.8) is 0 Å². The van der Waals surface area contributed by atoms with Gasteiger partial charge in [0.05, 0.1) is 17.2 Å². The zero-order chi connectivity index (χ0) is 19.7. The van der Waals surface area contributed by atoms with E-state index in [0.29, 0.717) is 43.2 Å². The Morgan fingerprint density at radius 3 is 2.75 bits per heavy atom. The molecule has 1 N–H and O–H groups in total. The predicted octanol–water partition coefficient (Wildman–Crippen LogP) is 3.31. The van der Waals surface area contributed by atoms with Crippen LogP contribution in [0.2, 0.25) is 0 Å². The van der Waals surface area contributed by atoms with E-state index in [2.05, 4.69) is 5.32 Å². The normalized spacial score (nSPS) is 15.9. The summed E-state index contributed by atoms with van der Waals surface area (Å²) in [5.74, 6) is 1.10. The molecule has 2 heterocycles. The standard InChI is InChI=1S/C22H24N2O4/c1-3-9-24-13-16-5-4-6-17(20(16)22(24)26)21(25)23-14(2)15-7-8-18-19(12-15)28-11-10-27-18/h4-8,12,14H,3,9-11,13H2,1-2H3,(H,23,25). The fourth-order valence-corrected chi connectivity index (χ4v) is 3.75. The minimum absolute atomic E-state index is 0.0606. The van der Waals surface area contributed by atoms with Crippen molar-refractivity contribution in [3.8, 4) is 11.5 Å². The lowest BCUT2D eigenvalue weighted by Gasteiger charge is -2.21. The summed E-state index contributed by atoms with van der Waals surface area (Å²) >= 11 is 0. The van der Waals surface area contributed by atoms with Gasteiger partial charge in [0.15, 0.2) is 11.5 Å². The highest BCUT2D eigenvalue weighted by Gasteiger charge is 2.31. The van der Waals surface area contributed by atoms with E-state index >= 15 is 0 Å². The second-order valence-corrected chi connectivity index (χ2v) is 7.16. The molecular formula is C22H24N2O4. The molecule has 2 aromatic rings. The van der Waals surface area contributed by atoms with E-state index in [-0.39, 0.29) is 17.9 Å². The molecule has 28 heavy (non-hydrogen) atoms. The van der Waals surface area contributed by atoms with Crippen molar-refractivity contribution in [2.24, 2.45) is 0 Å². The number of carbonyl (C=O) groups excluding carboxylic acids is 2. The van der Waals surface area contributed by atoms with E-state index in [1.807, 2.05) is 44.2 Å². The van der Waals surface area contributed by atoms with Crippen molar-refractivity contribution < 1.29 is 19.1 Å². The van der Waals surface area contributed by atoms with Crippen LogP contribution in [0.3, 0.4) is 0 Å². The summed E-state index contributed by atoms with van der Waals surface area (Å²) in [6.45, 7) is 6.28. The highest BCUT2D eigenvalue weighted by atomic mass is 16.6. The van der Waals surface area contributed by atoms with E-state index in [0.717, 1.165) is 23.3 Å². The van der Waals surface area contributed by atoms with Crippen molar-refractivity contribution in [1.29, 1.82) is 0 Å². The highest BCUT2D eigenvalue weighted by molar-refractivity contribution is 6.09. The third-order valence-electron chi connectivity index (χ3n) is 5.17. The smallest absolute Gasteiger partial charge is 0.255 e. The van der Waals surface area contributed by atoms with Crippen molar-refractivity contribution >= 4 is 11.8 Å². The fourth-order valence-electron chi connectivity index (χ4n) is 3.75. The van der Waals surface area contributed by atoms with Crippen LogP contribution in [0.1, 0.15) is 58.2 Å². The average molecular weight is 380 g/mol. The quantitative estimate of drug-likeness (QED) is 0.864. The van der Waals surface area contributed by atoms with Gasteiger partial charge in [-0.25, -0.2) is 0 Å². The topological polar surface area (TPSA) is 67.9 Å². The molecule has 0 radical (unpaired) electrons. The predicted molar refractivity (Wildman–Crippen MR) is 105 cm³/mol. The zero-order valence-corrected chi connectivity index (χ0v) is 16.2. The maximum absolute atomic E-state index is 12.9. The first-order valence-corrected chi connectivity index (χ1v) is 9.70. The van der Waals surface area contributed by atoms with Crippen LogP contribution in [-0.2, 0) is 6.54 Å². The van der Waals surface area contributed by atoms with Gasteiger partial charge in [0.2, 0.25) is 0 Å². The third kappa shape index (κ3) is 3.30. The first-order valence-electron chi connectivity index (χ1n) is 9.70. The number of benzene rings is 2. The summed E-state index contributed by atoms with van der Waals surface area (Å²) in [6.07, 6.45) is 0.891. The molecule has 2 aliphatic heterocycles. The second kappa shape index (κ2) is 7.54. The van der Waals surface area contributed by atoms with Crippen LogP contribution in [0, 0.1) is 0 Å². The molecule has 2 aromatic carbocycles. The number of carbonyl (C=O) groups is 2. The monoisotopic (exact) mass is 380 g/mol. The molecule has 6 heteroatoms. The molecule has 2 aliphatic rings. The number of rotatable bonds is 5. The maximum Gasteiger partial charge on any atom is 0.255 e. The summed E-state index contributed by atoms with van der Waals surface area (Å²) < 4.78 is 11.2. The molecule has 1 atom stereocenters. The Labute approximate surface area is 164 Å². The van der Waals surface area contributed by atoms with Crippen molar-refractivity contribution in [1.82, 2.24) is 10.2 Å². The Kier molecular flexibility index (Phi) is 4.94. The molecule has 0 saturated carbocycles. The summed E-state index contributed by atoms with van der Waals surface area (Å²) in [5, 5.41) is 3.01. The first-order chi connectivity index (χ1) is 13.6. The molecular weight excluding hydrogens is 356 g/mol. The number of hydrogen-bond acceptors (Lipinski definition) is 4. The maximum atomic E-state index is 12.9. The van der Waals surface area contributed by atoms with Crippen LogP contribution in [0.4, 0.5) is 0 Å². The number of nitrogens with zero attached hydrogens (tertiary/aromatic N) is 1. The van der Waals surface area contributed by atoms with E-state index in [4.69, 9.17) is 9.47 Å². The van der Waals surface area contributed by atoms with Crippen LogP contribution in [-0.4, -0.2) is 36.5 Å². The van der Waals surface area contributed by atoms with Gasteiger partial charge in [-0.15, -0.1) is 0 Å². The fraction of sp³-hybridized carbons (Fsp3) is 0.364. The zero-order valence-electron chi connectivity index (χ0n) is 16.2. The molecule has 0 aromatic heterocycles. The van der Waals surface area contributed by atoms with Gasteiger partial charge in [-0.2, -0.15) is 0 Å². The molecule has 0 bridgehead atoms. The Morgan fingerprint density at radius 1 is 1.18 bits per heavy atom. The van der Waals surface area contributed by atoms with Crippen LogP contribution in [0.15, 0.2) is 36.4 Å². The van der Waals surface area contributed by atoms with E-state index < -0.39 is 0 Å². The molecule has 0 spiro atoms. The Morgan fingerprint density at radius 2 is 1.96 bits per heavy atom. The van der Waals surface area contributed by atoms with Gasteiger partial charge in [0.25, 0.3) is 11.8 Å². The first kappa shape index (κ1) is 18.3. The lowest BCUT2D eigenvalue weighted by atomic mass is 10.0. The molecule has 146 valence electrons. The number of nitrogens with one attached hydrogen (secondary N) is 1. The molecule has 2 amide bonds. The van der Waals surface area contributed by atoms with E-state index in [1.54, 1.807) is 11.0 Å². The highest BCUT2D eigenvalue weighted by Crippen LogP contribution is 2.33. The summed E-state index contributed by atoms with van der Waals surface area (Å²) in [5.41, 5.74) is 2.80. The third-order valence-corrected chi connectivity index (χ3v) is 5.17. The number of amides is 2. The van der Waals surface area contributed by atoms with Crippen molar-refractivity contribution in [3.05, 3.63) is 58.7 Å². The average Bonchev–Trinajstić information content (AvgIpc) is 3.03. The Bertz CT molecular complexity index is 925. The number of fused-ring (bicyclic) bond motifs is 2. The Hall–Kier alpha value is -3.02. The van der Waals surface area contributed by atoms with Crippen LogP contribution in [0.25, 0.3) is 0 Å². The second-order valence-electron chi connectivity index (χ2n) is 7.16. The molecule has 6 nitrogen and oxygen atoms in total. The lowest BCUT2D eigenvalue weighted by Crippen LogP contribution is -2.30. The molecule has 0 aliphatic carbocycles. The lowest BCUT2D eigenvalue weighted by molar-refractivity contribution is 0.0772. The van der Waals surface area contributed by atoms with Gasteiger partial charge in [-0.3, -0.25) is 9.59 Å². The van der Waals surface area contributed by atoms with E-state index in [9.17, 15) is 9.59 Å². The molecule has 0 fully saturated rings. The SMILES string of the molecule is CCCN1Cc2cccc(C(=O)NC(C)c3ccc4c(c3)OCCO4)c2C1=O. The van der Waals surface area contributed by atoms with Crippen LogP contribution in [0.5, 0.6) is 11.5 Å². The van der Waals surface area contributed by atoms with E-state index in [1.165, 1.54) is 0 Å². The molecule has 4 rings (SSSR count). The van der Waals surface area contributed by atoms with Gasteiger partial charge in [-0.05, 0) is 42.7 Å². The van der Waals surface area contributed by atoms with Gasteiger partial charge in [0.1, 0.15) is 13.2 Å². The van der Waals surface area contributed by atoms with Crippen LogP contribution >= 0.6 is 0 Å². The van der Waals surface area contributed by atoms with Crippen LogP contribution < -0.4 is 14.8 Å². The summed E-state index contributed by atoms with van der Waals surface area (Å²) in [7, 11) is 0.